The highest BCUT2D eigenvalue weighted by Crippen LogP contribution is 2.44. The van der Waals surface area contributed by atoms with Gasteiger partial charge in [0.2, 0.25) is 0 Å². The van der Waals surface area contributed by atoms with Gasteiger partial charge in [0, 0.05) is 57.7 Å². The van der Waals surface area contributed by atoms with Gasteiger partial charge in [-0.1, -0.05) is 135 Å². The Morgan fingerprint density at radius 2 is 0.679 bits per heavy atom. The summed E-state index contributed by atoms with van der Waals surface area (Å²) in [7, 11) is 0.0773. The summed E-state index contributed by atoms with van der Waals surface area (Å²) in [5.74, 6) is 0. The van der Waals surface area contributed by atoms with Crippen LogP contribution < -0.4 is 20.7 Å². The summed E-state index contributed by atoms with van der Waals surface area (Å²) < 4.78 is 4.65. The SMILES string of the molecule is Cn1c2ccccc2c2cc(-c3ccc4c(c3)[Si](C)(C)c3c5c(c6ccccc6c3-4)-c3ccc(-c4ccc6c(c4)c4ccccc4n6C)cc3[Si]5(C)C)ccc21. The number of fused-ring (bicyclic) bond motifs is 16. The van der Waals surface area contributed by atoms with Crippen LogP contribution in [0.4, 0.5) is 0 Å². The van der Waals surface area contributed by atoms with Crippen LogP contribution in [0.1, 0.15) is 0 Å². The molecule has 56 heavy (non-hydrogen) atoms. The van der Waals surface area contributed by atoms with Crippen molar-refractivity contribution in [3.8, 4) is 44.5 Å². The highest BCUT2D eigenvalue weighted by Gasteiger charge is 2.49. The fraction of sp³-hybridized carbons (Fsp3) is 0.115. The zero-order valence-electron chi connectivity index (χ0n) is 32.8. The molecule has 8 aromatic carbocycles. The minimum absolute atomic E-state index is 1.28. The van der Waals surface area contributed by atoms with E-state index in [1.807, 2.05) is 0 Å². The van der Waals surface area contributed by atoms with E-state index in [0.29, 0.717) is 0 Å². The van der Waals surface area contributed by atoms with Crippen LogP contribution in [0.25, 0.3) is 98.9 Å². The van der Waals surface area contributed by atoms with Gasteiger partial charge in [-0.25, -0.2) is 0 Å². The van der Waals surface area contributed by atoms with Gasteiger partial charge in [0.15, 0.2) is 0 Å². The second-order valence-electron chi connectivity index (χ2n) is 17.4. The monoisotopic (exact) mass is 750 g/mol. The maximum absolute atomic E-state index is 2.63. The Bertz CT molecular complexity index is 3170. The van der Waals surface area contributed by atoms with Gasteiger partial charge in [-0.2, -0.15) is 0 Å². The summed E-state index contributed by atoms with van der Waals surface area (Å²) in [6.45, 7) is 10.5. The molecule has 2 aliphatic heterocycles. The minimum atomic E-state index is -2.14. The summed E-state index contributed by atoms with van der Waals surface area (Å²) >= 11 is 0. The summed E-state index contributed by atoms with van der Waals surface area (Å²) in [4.78, 5) is 0. The molecule has 2 nitrogen and oxygen atoms in total. The third-order valence-corrected chi connectivity index (χ3v) is 21.2. The van der Waals surface area contributed by atoms with E-state index in [-0.39, 0.29) is 0 Å². The normalized spacial score (nSPS) is 14.9. The predicted molar refractivity (Wildman–Crippen MR) is 247 cm³/mol. The smallest absolute Gasteiger partial charge is 0.113 e. The number of aromatic nitrogens is 2. The molecule has 4 heterocycles. The number of hydrogen-bond donors (Lipinski definition) is 0. The summed E-state index contributed by atoms with van der Waals surface area (Å²) in [6.07, 6.45) is 0. The molecule has 4 heteroatoms. The molecule has 0 spiro atoms. The van der Waals surface area contributed by atoms with Crippen molar-refractivity contribution in [2.24, 2.45) is 14.1 Å². The van der Waals surface area contributed by atoms with Crippen molar-refractivity contribution in [1.29, 1.82) is 0 Å². The van der Waals surface area contributed by atoms with Crippen molar-refractivity contribution < 1.29 is 0 Å². The van der Waals surface area contributed by atoms with Crippen LogP contribution in [-0.2, 0) is 14.1 Å². The molecular formula is C52H42N2Si2. The van der Waals surface area contributed by atoms with Crippen molar-refractivity contribution in [3.63, 3.8) is 0 Å². The lowest BCUT2D eigenvalue weighted by molar-refractivity contribution is 1.01. The summed E-state index contributed by atoms with van der Waals surface area (Å²) in [5.41, 5.74) is 16.3. The first-order chi connectivity index (χ1) is 27.1. The molecule has 0 saturated carbocycles. The number of hydrogen-bond acceptors (Lipinski definition) is 0. The van der Waals surface area contributed by atoms with Crippen molar-refractivity contribution in [1.82, 2.24) is 9.13 Å². The van der Waals surface area contributed by atoms with Crippen LogP contribution in [0.15, 0.2) is 146 Å². The number of benzene rings is 8. The average molecular weight is 751 g/mol. The Balaban J connectivity index is 1.04. The van der Waals surface area contributed by atoms with Crippen LogP contribution >= 0.6 is 0 Å². The maximum Gasteiger partial charge on any atom is 0.113 e. The first kappa shape index (κ1) is 32.3. The van der Waals surface area contributed by atoms with Gasteiger partial charge in [-0.15, -0.1) is 0 Å². The topological polar surface area (TPSA) is 9.86 Å². The summed E-state index contributed by atoms with van der Waals surface area (Å²) in [6, 6.07) is 55.9. The van der Waals surface area contributed by atoms with E-state index in [4.69, 9.17) is 0 Å². The van der Waals surface area contributed by atoms with Crippen LogP contribution in [0.2, 0.25) is 26.2 Å². The lowest BCUT2D eigenvalue weighted by atomic mass is 9.91. The number of para-hydroxylation sites is 2. The van der Waals surface area contributed by atoms with E-state index in [9.17, 15) is 0 Å². The fourth-order valence-corrected chi connectivity index (χ4v) is 19.6. The Kier molecular flexibility index (Phi) is 6.28. The van der Waals surface area contributed by atoms with Crippen molar-refractivity contribution >= 4 is 91.3 Å². The van der Waals surface area contributed by atoms with Gasteiger partial charge < -0.3 is 9.13 Å². The number of aryl methyl sites for hydroxylation is 2. The predicted octanol–water partition coefficient (Wildman–Crippen LogP) is 11.1. The first-order valence-corrected chi connectivity index (χ1v) is 26.0. The van der Waals surface area contributed by atoms with Gasteiger partial charge in [-0.05, 0) is 112 Å². The molecule has 2 aliphatic rings. The van der Waals surface area contributed by atoms with Crippen molar-refractivity contribution in [2.75, 3.05) is 0 Å². The average Bonchev–Trinajstić information content (AvgIpc) is 3.85. The second-order valence-corrected chi connectivity index (χ2v) is 26.0. The largest absolute Gasteiger partial charge is 0.344 e. The molecule has 10 aromatic rings. The lowest BCUT2D eigenvalue weighted by Gasteiger charge is -2.29. The third-order valence-electron chi connectivity index (χ3n) is 13.9. The minimum Gasteiger partial charge on any atom is -0.344 e. The molecule has 0 amide bonds. The van der Waals surface area contributed by atoms with E-state index in [2.05, 4.69) is 195 Å². The molecule has 0 aliphatic carbocycles. The Hall–Kier alpha value is -5.95. The molecule has 0 saturated heterocycles. The van der Waals surface area contributed by atoms with E-state index < -0.39 is 16.1 Å². The Labute approximate surface area is 329 Å². The van der Waals surface area contributed by atoms with Gasteiger partial charge in [0.1, 0.15) is 16.1 Å². The van der Waals surface area contributed by atoms with Crippen LogP contribution in [0, 0.1) is 0 Å². The molecule has 0 unspecified atom stereocenters. The zero-order chi connectivity index (χ0) is 37.8. The molecule has 12 rings (SSSR count). The first-order valence-electron chi connectivity index (χ1n) is 20.0. The standard InChI is InChI=1S/C52H42N2Si2/c1-53-43-17-11-9-13-35(43)41-27-31(21-25-45(41)53)33-19-23-39-47(29-33)55(3,4)51-49(39)37-15-7-8-16-38(37)50-40-24-20-34(30-48(40)56(5,6)52(50)51)32-22-26-46-42(28-32)36-14-10-12-18-44(36)54(46)2/h7-30H,1-6H3. The van der Waals surface area contributed by atoms with Crippen molar-refractivity contribution in [2.45, 2.75) is 26.2 Å². The van der Waals surface area contributed by atoms with Gasteiger partial charge in [0.05, 0.1) is 0 Å². The van der Waals surface area contributed by atoms with Gasteiger partial charge in [0.25, 0.3) is 0 Å². The molecule has 0 atom stereocenters. The zero-order valence-corrected chi connectivity index (χ0v) is 34.8. The number of nitrogens with zero attached hydrogens (tertiary/aromatic N) is 2. The molecular weight excluding hydrogens is 709 g/mol. The quantitative estimate of drug-likeness (QED) is 0.156. The van der Waals surface area contributed by atoms with Crippen molar-refractivity contribution in [3.05, 3.63) is 146 Å². The van der Waals surface area contributed by atoms with E-state index in [1.54, 1.807) is 20.7 Å². The third kappa shape index (κ3) is 4.00. The molecule has 268 valence electrons. The highest BCUT2D eigenvalue weighted by atomic mass is 28.3. The molecule has 0 fully saturated rings. The lowest BCUT2D eigenvalue weighted by Crippen LogP contribution is -2.63. The Morgan fingerprint density at radius 1 is 0.339 bits per heavy atom. The molecule has 0 radical (unpaired) electrons. The van der Waals surface area contributed by atoms with E-state index in [0.717, 1.165) is 0 Å². The van der Waals surface area contributed by atoms with Crippen LogP contribution in [0.3, 0.4) is 0 Å². The highest BCUT2D eigenvalue weighted by molar-refractivity contribution is 7.13. The van der Waals surface area contributed by atoms with Gasteiger partial charge in [-0.3, -0.25) is 0 Å². The fourth-order valence-electron chi connectivity index (χ4n) is 11.1. The maximum atomic E-state index is 2.63. The summed E-state index contributed by atoms with van der Waals surface area (Å²) in [5, 5.41) is 14.6. The molecule has 2 aromatic heterocycles. The number of rotatable bonds is 2. The van der Waals surface area contributed by atoms with Gasteiger partial charge >= 0.3 is 0 Å². The van der Waals surface area contributed by atoms with E-state index in [1.165, 1.54) is 98.9 Å². The molecule has 0 bridgehead atoms. The second kappa shape index (κ2) is 10.9. The van der Waals surface area contributed by atoms with Crippen LogP contribution in [0.5, 0.6) is 0 Å². The Morgan fingerprint density at radius 3 is 1.11 bits per heavy atom. The van der Waals surface area contributed by atoms with Crippen LogP contribution in [-0.4, -0.2) is 25.3 Å². The molecule has 0 N–H and O–H groups in total. The van der Waals surface area contributed by atoms with E-state index >= 15 is 0 Å².